The van der Waals surface area contributed by atoms with Gasteiger partial charge in [0.05, 0.1) is 17.8 Å². The summed E-state index contributed by atoms with van der Waals surface area (Å²) < 4.78 is 1.85. The molecule has 21 heavy (non-hydrogen) atoms. The van der Waals surface area contributed by atoms with Crippen molar-refractivity contribution in [2.45, 2.75) is 25.2 Å². The number of benzene rings is 1. The number of rotatable bonds is 2. The van der Waals surface area contributed by atoms with Crippen LogP contribution in [-0.4, -0.2) is 28.0 Å². The lowest BCUT2D eigenvalue weighted by Crippen LogP contribution is -2.36. The van der Waals surface area contributed by atoms with Gasteiger partial charge in [-0.2, -0.15) is 5.10 Å². The van der Waals surface area contributed by atoms with Gasteiger partial charge in [-0.25, -0.2) is 0 Å². The van der Waals surface area contributed by atoms with Gasteiger partial charge in [0.15, 0.2) is 0 Å². The van der Waals surface area contributed by atoms with Crippen LogP contribution >= 0.6 is 11.8 Å². The zero-order valence-electron chi connectivity index (χ0n) is 12.6. The topological polar surface area (TPSA) is 38.1 Å². The molecule has 0 unspecified atom stereocenters. The van der Waals surface area contributed by atoms with Crippen molar-refractivity contribution in [3.8, 4) is 0 Å². The maximum atomic E-state index is 12.7. The van der Waals surface area contributed by atoms with Gasteiger partial charge in [-0.1, -0.05) is 12.1 Å². The molecule has 0 radical (unpaired) electrons. The van der Waals surface area contributed by atoms with E-state index in [9.17, 15) is 4.79 Å². The van der Waals surface area contributed by atoms with Crippen molar-refractivity contribution < 1.29 is 4.79 Å². The molecular weight excluding hydrogens is 282 g/mol. The molecule has 1 aliphatic heterocycles. The van der Waals surface area contributed by atoms with Gasteiger partial charge in [-0.3, -0.25) is 9.48 Å². The summed E-state index contributed by atoms with van der Waals surface area (Å²) in [5.74, 6) is 1.11. The van der Waals surface area contributed by atoms with Crippen molar-refractivity contribution >= 4 is 23.4 Å². The average molecular weight is 301 g/mol. The molecule has 0 aliphatic carbocycles. The number of thioether (sulfide) groups is 1. The first kappa shape index (κ1) is 14.2. The van der Waals surface area contributed by atoms with Gasteiger partial charge in [0.2, 0.25) is 5.91 Å². The Morgan fingerprint density at radius 1 is 1.33 bits per heavy atom. The lowest BCUT2D eigenvalue weighted by atomic mass is 10.1. The Morgan fingerprint density at radius 2 is 2.10 bits per heavy atom. The summed E-state index contributed by atoms with van der Waals surface area (Å²) in [6.07, 6.45) is 0.421. The van der Waals surface area contributed by atoms with Gasteiger partial charge in [-0.15, -0.1) is 11.8 Å². The molecule has 5 heteroatoms. The predicted octanol–water partition coefficient (Wildman–Crippen LogP) is 2.72. The summed E-state index contributed by atoms with van der Waals surface area (Å²) in [7, 11) is 1.92. The number of carbonyl (C=O) groups is 1. The molecule has 0 bridgehead atoms. The van der Waals surface area contributed by atoms with Gasteiger partial charge < -0.3 is 4.90 Å². The Bertz CT molecular complexity index is 693. The third-order valence-corrected chi connectivity index (χ3v) is 5.06. The second-order valence-corrected chi connectivity index (χ2v) is 6.45. The highest BCUT2D eigenvalue weighted by Crippen LogP contribution is 2.34. The van der Waals surface area contributed by atoms with Crippen LogP contribution in [-0.2, 0) is 18.3 Å². The van der Waals surface area contributed by atoms with E-state index >= 15 is 0 Å². The van der Waals surface area contributed by atoms with E-state index in [1.54, 1.807) is 0 Å². The van der Waals surface area contributed by atoms with E-state index < -0.39 is 0 Å². The number of hydrogen-bond donors (Lipinski definition) is 0. The fraction of sp³-hybridized carbons (Fsp3) is 0.375. The van der Waals surface area contributed by atoms with Crippen LogP contribution in [0, 0.1) is 13.8 Å². The van der Waals surface area contributed by atoms with Crippen molar-refractivity contribution in [3.05, 3.63) is 41.2 Å². The van der Waals surface area contributed by atoms with E-state index in [2.05, 4.69) is 11.2 Å². The van der Waals surface area contributed by atoms with Crippen molar-refractivity contribution in [1.82, 2.24) is 9.78 Å². The molecular formula is C16H19N3OS. The van der Waals surface area contributed by atoms with Gasteiger partial charge in [0, 0.05) is 35.5 Å². The standard InChI is InChI=1S/C16H19N3OS/c1-11-13(12(2)18(3)17-11)10-16(20)19-8-9-21-15-7-5-4-6-14(15)19/h4-7H,8-10H2,1-3H3. The summed E-state index contributed by atoms with van der Waals surface area (Å²) in [5, 5.41) is 4.39. The molecule has 1 aliphatic rings. The van der Waals surface area contributed by atoms with Crippen molar-refractivity contribution in [2.24, 2.45) is 7.05 Å². The molecule has 0 saturated carbocycles. The molecule has 2 aromatic rings. The molecule has 1 aromatic carbocycles. The fourth-order valence-electron chi connectivity index (χ4n) is 2.75. The number of hydrogen-bond acceptors (Lipinski definition) is 3. The molecule has 0 N–H and O–H groups in total. The third-order valence-electron chi connectivity index (χ3n) is 4.02. The summed E-state index contributed by atoms with van der Waals surface area (Å²) in [5.41, 5.74) is 4.11. The molecule has 2 heterocycles. The number of amides is 1. The van der Waals surface area contributed by atoms with Crippen LogP contribution in [0.4, 0.5) is 5.69 Å². The quantitative estimate of drug-likeness (QED) is 0.856. The first-order chi connectivity index (χ1) is 10.1. The normalized spacial score (nSPS) is 14.1. The minimum absolute atomic E-state index is 0.155. The molecule has 0 saturated heterocycles. The number of aryl methyl sites for hydroxylation is 2. The molecule has 1 aromatic heterocycles. The summed E-state index contributed by atoms with van der Waals surface area (Å²) in [6, 6.07) is 8.13. The van der Waals surface area contributed by atoms with Crippen molar-refractivity contribution in [2.75, 3.05) is 17.2 Å². The Kier molecular flexibility index (Phi) is 3.76. The monoisotopic (exact) mass is 301 g/mol. The first-order valence-electron chi connectivity index (χ1n) is 7.09. The Hall–Kier alpha value is -1.75. The SMILES string of the molecule is Cc1nn(C)c(C)c1CC(=O)N1CCSc2ccccc21. The zero-order chi connectivity index (χ0) is 15.0. The minimum atomic E-state index is 0.155. The van der Waals surface area contributed by atoms with Gasteiger partial charge >= 0.3 is 0 Å². The predicted molar refractivity (Wildman–Crippen MR) is 85.9 cm³/mol. The van der Waals surface area contributed by atoms with Gasteiger partial charge in [0.25, 0.3) is 0 Å². The number of anilines is 1. The minimum Gasteiger partial charge on any atom is -0.310 e. The van der Waals surface area contributed by atoms with E-state index in [0.717, 1.165) is 34.9 Å². The van der Waals surface area contributed by atoms with Gasteiger partial charge in [0.1, 0.15) is 0 Å². The molecule has 3 rings (SSSR count). The zero-order valence-corrected chi connectivity index (χ0v) is 13.4. The van der Waals surface area contributed by atoms with E-state index in [1.165, 1.54) is 4.90 Å². The van der Waals surface area contributed by atoms with Crippen LogP contribution in [0.1, 0.15) is 17.0 Å². The van der Waals surface area contributed by atoms with Crippen molar-refractivity contribution in [1.29, 1.82) is 0 Å². The summed E-state index contributed by atoms with van der Waals surface area (Å²) >= 11 is 1.82. The number of nitrogens with zero attached hydrogens (tertiary/aromatic N) is 3. The second-order valence-electron chi connectivity index (χ2n) is 5.31. The summed E-state index contributed by atoms with van der Waals surface area (Å²) in [6.45, 7) is 4.76. The highest BCUT2D eigenvalue weighted by Gasteiger charge is 2.24. The highest BCUT2D eigenvalue weighted by molar-refractivity contribution is 7.99. The second kappa shape index (κ2) is 5.56. The number of para-hydroxylation sites is 1. The lowest BCUT2D eigenvalue weighted by Gasteiger charge is -2.29. The fourth-order valence-corrected chi connectivity index (χ4v) is 3.74. The first-order valence-corrected chi connectivity index (χ1v) is 8.07. The van der Waals surface area contributed by atoms with Crippen molar-refractivity contribution in [3.63, 3.8) is 0 Å². The van der Waals surface area contributed by atoms with Crippen LogP contribution in [0.2, 0.25) is 0 Å². The third kappa shape index (κ3) is 2.58. The molecule has 0 fully saturated rings. The average Bonchev–Trinajstić information content (AvgIpc) is 2.73. The van der Waals surface area contributed by atoms with Gasteiger partial charge in [-0.05, 0) is 26.0 Å². The van der Waals surface area contributed by atoms with E-state index in [4.69, 9.17) is 0 Å². The molecule has 110 valence electrons. The van der Waals surface area contributed by atoms with Crippen LogP contribution in [0.25, 0.3) is 0 Å². The number of carbonyl (C=O) groups excluding carboxylic acids is 1. The molecule has 0 spiro atoms. The maximum absolute atomic E-state index is 12.7. The Balaban J connectivity index is 1.87. The number of aromatic nitrogens is 2. The Morgan fingerprint density at radius 3 is 2.81 bits per heavy atom. The molecule has 1 amide bonds. The van der Waals surface area contributed by atoms with Crippen LogP contribution in [0.5, 0.6) is 0 Å². The Labute approximate surface area is 129 Å². The lowest BCUT2D eigenvalue weighted by molar-refractivity contribution is -0.118. The van der Waals surface area contributed by atoms with E-state index in [-0.39, 0.29) is 5.91 Å². The van der Waals surface area contributed by atoms with Crippen LogP contribution in [0.3, 0.4) is 0 Å². The highest BCUT2D eigenvalue weighted by atomic mass is 32.2. The van der Waals surface area contributed by atoms with E-state index in [1.807, 2.05) is 60.4 Å². The van der Waals surface area contributed by atoms with Crippen LogP contribution in [0.15, 0.2) is 29.2 Å². The number of fused-ring (bicyclic) bond motifs is 1. The summed E-state index contributed by atoms with van der Waals surface area (Å²) in [4.78, 5) is 15.8. The smallest absolute Gasteiger partial charge is 0.231 e. The molecule has 4 nitrogen and oxygen atoms in total. The van der Waals surface area contributed by atoms with Crippen LogP contribution < -0.4 is 4.90 Å². The van der Waals surface area contributed by atoms with E-state index in [0.29, 0.717) is 6.42 Å². The molecule has 0 atom stereocenters. The maximum Gasteiger partial charge on any atom is 0.231 e. The largest absolute Gasteiger partial charge is 0.310 e.